The molecule has 26 heavy (non-hydrogen) atoms. The van der Waals surface area contributed by atoms with Gasteiger partial charge >= 0.3 is 5.97 Å². The van der Waals surface area contributed by atoms with Gasteiger partial charge in [0.2, 0.25) is 0 Å². The highest BCUT2D eigenvalue weighted by Crippen LogP contribution is 2.34. The maximum Gasteiger partial charge on any atom is 0.335 e. The van der Waals surface area contributed by atoms with E-state index in [2.05, 4.69) is 5.32 Å². The molecule has 0 atom stereocenters. The van der Waals surface area contributed by atoms with Crippen LogP contribution < -0.4 is 5.32 Å². The summed E-state index contributed by atoms with van der Waals surface area (Å²) >= 11 is 12.2. The minimum absolute atomic E-state index is 0.0659. The fourth-order valence-electron chi connectivity index (χ4n) is 2.37. The number of benzene rings is 2. The van der Waals surface area contributed by atoms with Crippen molar-refractivity contribution < 1.29 is 19.1 Å². The molecule has 0 spiro atoms. The summed E-state index contributed by atoms with van der Waals surface area (Å²) in [6.07, 6.45) is 0. The maximum absolute atomic E-state index is 12.4. The third-order valence-corrected chi connectivity index (χ3v) is 4.60. The number of aromatic carboxylic acids is 1. The van der Waals surface area contributed by atoms with Gasteiger partial charge in [0.1, 0.15) is 5.76 Å². The van der Waals surface area contributed by atoms with E-state index in [1.807, 2.05) is 0 Å². The number of furan rings is 1. The number of carbonyl (C=O) groups is 2. The molecule has 5 nitrogen and oxygen atoms in total. The molecule has 1 aromatic heterocycles. The fraction of sp³-hybridized carbons (Fsp3) is 0.0526. The maximum atomic E-state index is 12.4. The molecule has 0 saturated heterocycles. The van der Waals surface area contributed by atoms with Crippen LogP contribution in [-0.4, -0.2) is 17.0 Å². The number of carbonyl (C=O) groups excluding carboxylic acids is 1. The van der Waals surface area contributed by atoms with E-state index in [0.29, 0.717) is 27.1 Å². The first-order chi connectivity index (χ1) is 12.4. The normalized spacial score (nSPS) is 10.6. The van der Waals surface area contributed by atoms with E-state index in [0.717, 1.165) is 5.56 Å². The van der Waals surface area contributed by atoms with Crippen LogP contribution in [0.3, 0.4) is 0 Å². The summed E-state index contributed by atoms with van der Waals surface area (Å²) in [5.41, 5.74) is 1.78. The molecule has 0 aliphatic carbocycles. The summed E-state index contributed by atoms with van der Waals surface area (Å²) in [5.74, 6) is -1.11. The van der Waals surface area contributed by atoms with Crippen LogP contribution in [0.2, 0.25) is 10.0 Å². The van der Waals surface area contributed by atoms with E-state index in [1.54, 1.807) is 37.3 Å². The van der Waals surface area contributed by atoms with Crippen molar-refractivity contribution in [2.24, 2.45) is 0 Å². The van der Waals surface area contributed by atoms with Crippen molar-refractivity contribution in [2.45, 2.75) is 6.92 Å². The molecule has 1 heterocycles. The zero-order chi connectivity index (χ0) is 18.8. The van der Waals surface area contributed by atoms with E-state index in [9.17, 15) is 9.59 Å². The highest BCUT2D eigenvalue weighted by Gasteiger charge is 2.16. The minimum Gasteiger partial charge on any atom is -0.478 e. The lowest BCUT2D eigenvalue weighted by atomic mass is 10.1. The van der Waals surface area contributed by atoms with Gasteiger partial charge in [-0.15, -0.1) is 0 Å². The summed E-state index contributed by atoms with van der Waals surface area (Å²) < 4.78 is 5.59. The molecule has 0 bridgehead atoms. The minimum atomic E-state index is -1.07. The van der Waals surface area contributed by atoms with Crippen molar-refractivity contribution >= 4 is 40.8 Å². The Kier molecular flexibility index (Phi) is 5.02. The molecule has 0 saturated carbocycles. The number of hydrogen-bond donors (Lipinski definition) is 2. The second-order valence-corrected chi connectivity index (χ2v) is 6.34. The van der Waals surface area contributed by atoms with Crippen LogP contribution >= 0.6 is 23.2 Å². The summed E-state index contributed by atoms with van der Waals surface area (Å²) in [6, 6.07) is 12.7. The van der Waals surface area contributed by atoms with Gasteiger partial charge in [-0.25, -0.2) is 4.79 Å². The Labute approximate surface area is 159 Å². The lowest BCUT2D eigenvalue weighted by molar-refractivity contribution is 0.0696. The van der Waals surface area contributed by atoms with E-state index < -0.39 is 11.9 Å². The van der Waals surface area contributed by atoms with E-state index in [4.69, 9.17) is 32.7 Å². The van der Waals surface area contributed by atoms with Crippen molar-refractivity contribution in [3.8, 4) is 11.3 Å². The number of halogens is 2. The smallest absolute Gasteiger partial charge is 0.335 e. The molecule has 3 rings (SSSR count). The largest absolute Gasteiger partial charge is 0.478 e. The molecule has 2 N–H and O–H groups in total. The average molecular weight is 390 g/mol. The zero-order valence-corrected chi connectivity index (χ0v) is 15.1. The number of amides is 1. The van der Waals surface area contributed by atoms with Gasteiger partial charge < -0.3 is 14.8 Å². The van der Waals surface area contributed by atoms with E-state index in [-0.39, 0.29) is 11.3 Å². The molecule has 1 amide bonds. The van der Waals surface area contributed by atoms with Gasteiger partial charge in [0.05, 0.1) is 15.6 Å². The first-order valence-electron chi connectivity index (χ1n) is 7.56. The van der Waals surface area contributed by atoms with Gasteiger partial charge in [0, 0.05) is 11.3 Å². The lowest BCUT2D eigenvalue weighted by Gasteiger charge is -2.08. The topological polar surface area (TPSA) is 79.5 Å². The van der Waals surface area contributed by atoms with Crippen molar-refractivity contribution in [1.29, 1.82) is 0 Å². The number of nitrogens with one attached hydrogen (secondary N) is 1. The van der Waals surface area contributed by atoms with Gasteiger partial charge in [-0.05, 0) is 48.9 Å². The highest BCUT2D eigenvalue weighted by molar-refractivity contribution is 6.43. The summed E-state index contributed by atoms with van der Waals surface area (Å²) in [6.45, 7) is 1.76. The lowest BCUT2D eigenvalue weighted by Crippen LogP contribution is -2.12. The van der Waals surface area contributed by atoms with Crippen LogP contribution in [0.4, 0.5) is 5.69 Å². The second-order valence-electron chi connectivity index (χ2n) is 5.55. The van der Waals surface area contributed by atoms with Crippen molar-refractivity contribution in [2.75, 3.05) is 5.32 Å². The summed E-state index contributed by atoms with van der Waals surface area (Å²) in [4.78, 5) is 23.5. The standard InChI is InChI=1S/C19H13Cl2NO4/c1-10-5-6-11(19(24)25)9-14(10)22-18(23)16-8-7-15(26-16)12-3-2-4-13(20)17(12)21/h2-9H,1H3,(H,22,23)(H,24,25). The molecule has 2 aromatic carbocycles. The molecular weight excluding hydrogens is 377 g/mol. The molecular formula is C19H13Cl2NO4. The number of carboxylic acids is 1. The fourth-order valence-corrected chi connectivity index (χ4v) is 2.77. The number of rotatable bonds is 4. The van der Waals surface area contributed by atoms with Crippen LogP contribution in [0.25, 0.3) is 11.3 Å². The molecule has 3 aromatic rings. The Hall–Kier alpha value is -2.76. The highest BCUT2D eigenvalue weighted by atomic mass is 35.5. The molecule has 0 unspecified atom stereocenters. The first-order valence-corrected chi connectivity index (χ1v) is 8.32. The number of aryl methyl sites for hydroxylation is 1. The van der Waals surface area contributed by atoms with Crippen LogP contribution in [0.1, 0.15) is 26.5 Å². The average Bonchev–Trinajstić information content (AvgIpc) is 3.09. The SMILES string of the molecule is Cc1ccc(C(=O)O)cc1NC(=O)c1ccc(-c2cccc(Cl)c2Cl)o1. The third-order valence-electron chi connectivity index (χ3n) is 3.78. The second kappa shape index (κ2) is 7.23. The van der Waals surface area contributed by atoms with E-state index >= 15 is 0 Å². The van der Waals surface area contributed by atoms with Crippen molar-refractivity contribution in [3.05, 3.63) is 75.5 Å². The summed E-state index contributed by atoms with van der Waals surface area (Å²) in [5, 5.41) is 12.4. The van der Waals surface area contributed by atoms with Gasteiger partial charge in [-0.1, -0.05) is 35.3 Å². The van der Waals surface area contributed by atoms with Crippen LogP contribution in [-0.2, 0) is 0 Å². The first kappa shape index (κ1) is 18.0. The quantitative estimate of drug-likeness (QED) is 0.616. The van der Waals surface area contributed by atoms with E-state index in [1.165, 1.54) is 18.2 Å². The zero-order valence-electron chi connectivity index (χ0n) is 13.5. The Morgan fingerprint density at radius 2 is 1.85 bits per heavy atom. The Morgan fingerprint density at radius 3 is 2.58 bits per heavy atom. The predicted molar refractivity (Wildman–Crippen MR) is 100 cm³/mol. The molecule has 132 valence electrons. The van der Waals surface area contributed by atoms with Gasteiger partial charge in [0.15, 0.2) is 5.76 Å². The summed E-state index contributed by atoms with van der Waals surface area (Å²) in [7, 11) is 0. The Morgan fingerprint density at radius 1 is 1.08 bits per heavy atom. The number of anilines is 1. The van der Waals surface area contributed by atoms with Gasteiger partial charge in [-0.3, -0.25) is 4.79 Å². The van der Waals surface area contributed by atoms with Crippen molar-refractivity contribution in [1.82, 2.24) is 0 Å². The monoisotopic (exact) mass is 389 g/mol. The Balaban J connectivity index is 1.86. The Bertz CT molecular complexity index is 1010. The molecule has 7 heteroatoms. The van der Waals surface area contributed by atoms with Crippen LogP contribution in [0.5, 0.6) is 0 Å². The molecule has 0 radical (unpaired) electrons. The number of carboxylic acid groups (broad SMARTS) is 1. The molecule has 0 fully saturated rings. The van der Waals surface area contributed by atoms with Crippen LogP contribution in [0.15, 0.2) is 52.9 Å². The van der Waals surface area contributed by atoms with Crippen LogP contribution in [0, 0.1) is 6.92 Å². The van der Waals surface area contributed by atoms with Gasteiger partial charge in [-0.2, -0.15) is 0 Å². The molecule has 0 aliphatic rings. The molecule has 0 aliphatic heterocycles. The van der Waals surface area contributed by atoms with Crippen molar-refractivity contribution in [3.63, 3.8) is 0 Å². The number of hydrogen-bond acceptors (Lipinski definition) is 3. The third kappa shape index (κ3) is 3.59. The predicted octanol–water partition coefficient (Wildman–Crippen LogP) is 5.51. The van der Waals surface area contributed by atoms with Gasteiger partial charge in [0.25, 0.3) is 5.91 Å².